The second-order valence-electron chi connectivity index (χ2n) is 4.12. The number of methoxy groups -OCH3 is 1. The third kappa shape index (κ3) is 1.97. The zero-order chi connectivity index (χ0) is 13.2. The van der Waals surface area contributed by atoms with Crippen molar-refractivity contribution in [2.75, 3.05) is 12.8 Å². The van der Waals surface area contributed by atoms with Gasteiger partial charge in [-0.3, -0.25) is 0 Å². The van der Waals surface area contributed by atoms with Crippen LogP contribution in [0.1, 0.15) is 5.56 Å². The Morgan fingerprint density at radius 1 is 1.21 bits per heavy atom. The SMILES string of the molecule is COc1ccccc1Cn1cnc2c(N)ncnc21. The number of nitrogen functional groups attached to an aromatic ring is 1. The smallest absolute Gasteiger partial charge is 0.165 e. The van der Waals surface area contributed by atoms with Gasteiger partial charge in [-0.15, -0.1) is 0 Å². The average Bonchev–Trinajstić information content (AvgIpc) is 2.84. The van der Waals surface area contributed by atoms with Crippen LogP contribution in [0.15, 0.2) is 36.9 Å². The number of nitrogens with zero attached hydrogens (tertiary/aromatic N) is 4. The van der Waals surface area contributed by atoms with Gasteiger partial charge in [0.05, 0.1) is 20.0 Å². The molecule has 0 unspecified atom stereocenters. The van der Waals surface area contributed by atoms with Crippen LogP contribution in [-0.4, -0.2) is 26.6 Å². The Morgan fingerprint density at radius 3 is 2.89 bits per heavy atom. The number of imidazole rings is 1. The Morgan fingerprint density at radius 2 is 2.05 bits per heavy atom. The van der Waals surface area contributed by atoms with Crippen molar-refractivity contribution in [3.8, 4) is 5.75 Å². The standard InChI is InChI=1S/C13H13N5O/c1-19-10-5-3-2-4-9(10)6-18-8-17-11-12(14)15-7-16-13(11)18/h2-5,7-8H,6H2,1H3,(H2,14,15,16). The van der Waals surface area contributed by atoms with Crippen molar-refractivity contribution in [1.82, 2.24) is 19.5 Å². The fourth-order valence-corrected chi connectivity index (χ4v) is 2.03. The van der Waals surface area contributed by atoms with Crippen molar-refractivity contribution in [1.29, 1.82) is 0 Å². The van der Waals surface area contributed by atoms with Crippen molar-refractivity contribution in [3.63, 3.8) is 0 Å². The van der Waals surface area contributed by atoms with E-state index >= 15 is 0 Å². The molecular formula is C13H13N5O. The zero-order valence-corrected chi connectivity index (χ0v) is 10.4. The van der Waals surface area contributed by atoms with Crippen LogP contribution in [0, 0.1) is 0 Å². The normalized spacial score (nSPS) is 10.8. The van der Waals surface area contributed by atoms with Crippen molar-refractivity contribution in [3.05, 3.63) is 42.5 Å². The van der Waals surface area contributed by atoms with E-state index in [0.717, 1.165) is 17.0 Å². The highest BCUT2D eigenvalue weighted by Crippen LogP contribution is 2.21. The molecule has 6 heteroatoms. The van der Waals surface area contributed by atoms with Crippen LogP contribution in [0.2, 0.25) is 0 Å². The monoisotopic (exact) mass is 255 g/mol. The van der Waals surface area contributed by atoms with E-state index in [9.17, 15) is 0 Å². The first-order valence-electron chi connectivity index (χ1n) is 5.83. The van der Waals surface area contributed by atoms with Crippen molar-refractivity contribution in [2.45, 2.75) is 6.54 Å². The molecule has 0 amide bonds. The number of hydrogen-bond acceptors (Lipinski definition) is 5. The summed E-state index contributed by atoms with van der Waals surface area (Å²) in [6, 6.07) is 7.85. The summed E-state index contributed by atoms with van der Waals surface area (Å²) < 4.78 is 7.26. The molecule has 0 aliphatic rings. The van der Waals surface area contributed by atoms with Gasteiger partial charge in [0, 0.05) is 5.56 Å². The molecular weight excluding hydrogens is 242 g/mol. The summed E-state index contributed by atoms with van der Waals surface area (Å²) in [5.41, 5.74) is 8.17. The number of anilines is 1. The summed E-state index contributed by atoms with van der Waals surface area (Å²) in [5, 5.41) is 0. The summed E-state index contributed by atoms with van der Waals surface area (Å²) in [4.78, 5) is 12.4. The van der Waals surface area contributed by atoms with Crippen molar-refractivity contribution >= 4 is 17.0 Å². The molecule has 2 heterocycles. The van der Waals surface area contributed by atoms with Gasteiger partial charge in [-0.1, -0.05) is 18.2 Å². The number of para-hydroxylation sites is 1. The maximum Gasteiger partial charge on any atom is 0.165 e. The van der Waals surface area contributed by atoms with Gasteiger partial charge < -0.3 is 15.0 Å². The Labute approximate surface area is 109 Å². The Hall–Kier alpha value is -2.63. The largest absolute Gasteiger partial charge is 0.496 e. The van der Waals surface area contributed by atoms with E-state index in [1.54, 1.807) is 13.4 Å². The fourth-order valence-electron chi connectivity index (χ4n) is 2.03. The summed E-state index contributed by atoms with van der Waals surface area (Å²) >= 11 is 0. The van der Waals surface area contributed by atoms with E-state index in [4.69, 9.17) is 10.5 Å². The fraction of sp³-hybridized carbons (Fsp3) is 0.154. The number of ether oxygens (including phenoxy) is 1. The van der Waals surface area contributed by atoms with Gasteiger partial charge in [0.15, 0.2) is 11.5 Å². The molecule has 96 valence electrons. The van der Waals surface area contributed by atoms with Gasteiger partial charge in [-0.05, 0) is 6.07 Å². The molecule has 2 aromatic heterocycles. The van der Waals surface area contributed by atoms with Crippen molar-refractivity contribution < 1.29 is 4.74 Å². The number of rotatable bonds is 3. The predicted octanol–water partition coefficient (Wildman–Crippen LogP) is 1.47. The first-order valence-corrected chi connectivity index (χ1v) is 5.83. The highest BCUT2D eigenvalue weighted by atomic mass is 16.5. The van der Waals surface area contributed by atoms with Crippen LogP contribution in [0.3, 0.4) is 0 Å². The quantitative estimate of drug-likeness (QED) is 0.766. The van der Waals surface area contributed by atoms with E-state index in [-0.39, 0.29) is 0 Å². The molecule has 0 spiro atoms. The summed E-state index contributed by atoms with van der Waals surface area (Å²) in [7, 11) is 1.66. The van der Waals surface area contributed by atoms with Gasteiger partial charge in [0.25, 0.3) is 0 Å². The van der Waals surface area contributed by atoms with E-state index in [1.807, 2.05) is 28.8 Å². The lowest BCUT2D eigenvalue weighted by Gasteiger charge is -2.09. The molecule has 0 saturated carbocycles. The number of nitrogens with two attached hydrogens (primary N) is 1. The maximum absolute atomic E-state index is 5.77. The van der Waals surface area contributed by atoms with Crippen LogP contribution < -0.4 is 10.5 Å². The van der Waals surface area contributed by atoms with Gasteiger partial charge in [0.2, 0.25) is 0 Å². The lowest BCUT2D eigenvalue weighted by Crippen LogP contribution is -2.02. The molecule has 0 bridgehead atoms. The minimum atomic E-state index is 0.392. The average molecular weight is 255 g/mol. The summed E-state index contributed by atoms with van der Waals surface area (Å²) in [6.07, 6.45) is 3.15. The predicted molar refractivity (Wildman–Crippen MR) is 71.8 cm³/mol. The van der Waals surface area contributed by atoms with Gasteiger partial charge in [-0.25, -0.2) is 15.0 Å². The third-order valence-electron chi connectivity index (χ3n) is 2.96. The molecule has 1 aromatic carbocycles. The Kier molecular flexibility index (Phi) is 2.75. The van der Waals surface area contributed by atoms with E-state index in [1.165, 1.54) is 6.33 Å². The lowest BCUT2D eigenvalue weighted by atomic mass is 10.2. The van der Waals surface area contributed by atoms with Gasteiger partial charge >= 0.3 is 0 Å². The minimum Gasteiger partial charge on any atom is -0.496 e. The number of hydrogen-bond donors (Lipinski definition) is 1. The van der Waals surface area contributed by atoms with Crippen molar-refractivity contribution in [2.24, 2.45) is 0 Å². The highest BCUT2D eigenvalue weighted by molar-refractivity contribution is 5.81. The Bertz CT molecular complexity index is 722. The molecule has 0 radical (unpaired) electrons. The van der Waals surface area contributed by atoms with Gasteiger partial charge in [-0.2, -0.15) is 0 Å². The molecule has 3 aromatic rings. The number of fused-ring (bicyclic) bond motifs is 1. The van der Waals surface area contributed by atoms with Gasteiger partial charge in [0.1, 0.15) is 17.6 Å². The second kappa shape index (κ2) is 4.56. The van der Waals surface area contributed by atoms with Crippen LogP contribution in [0.5, 0.6) is 5.75 Å². The first kappa shape index (κ1) is 11.5. The number of benzene rings is 1. The molecule has 2 N–H and O–H groups in total. The molecule has 19 heavy (non-hydrogen) atoms. The maximum atomic E-state index is 5.77. The molecule has 0 saturated heterocycles. The molecule has 6 nitrogen and oxygen atoms in total. The number of aromatic nitrogens is 4. The Balaban J connectivity index is 2.04. The topological polar surface area (TPSA) is 78.9 Å². The molecule has 0 atom stereocenters. The minimum absolute atomic E-state index is 0.392. The first-order chi connectivity index (χ1) is 9.29. The van der Waals surface area contributed by atoms with Crippen LogP contribution in [0.4, 0.5) is 5.82 Å². The molecule has 3 rings (SSSR count). The van der Waals surface area contributed by atoms with Crippen LogP contribution in [-0.2, 0) is 6.54 Å². The molecule has 0 aliphatic heterocycles. The lowest BCUT2D eigenvalue weighted by molar-refractivity contribution is 0.408. The third-order valence-corrected chi connectivity index (χ3v) is 2.96. The second-order valence-corrected chi connectivity index (χ2v) is 4.12. The van der Waals surface area contributed by atoms with E-state index in [2.05, 4.69) is 15.0 Å². The van der Waals surface area contributed by atoms with Crippen LogP contribution >= 0.6 is 0 Å². The summed E-state index contributed by atoms with van der Waals surface area (Å²) in [6.45, 7) is 0.622. The van der Waals surface area contributed by atoms with E-state index in [0.29, 0.717) is 17.9 Å². The van der Waals surface area contributed by atoms with Crippen LogP contribution in [0.25, 0.3) is 11.2 Å². The molecule has 0 fully saturated rings. The highest BCUT2D eigenvalue weighted by Gasteiger charge is 2.09. The molecule has 0 aliphatic carbocycles. The summed E-state index contributed by atoms with van der Waals surface area (Å²) in [5.74, 6) is 1.23. The van der Waals surface area contributed by atoms with E-state index < -0.39 is 0 Å². The zero-order valence-electron chi connectivity index (χ0n) is 10.4.